The van der Waals surface area contributed by atoms with Crippen LogP contribution >= 0.6 is 0 Å². The summed E-state index contributed by atoms with van der Waals surface area (Å²) in [5.74, 6) is 0.132. The number of carbonyl (C=O) groups excluding carboxylic acids is 1. The first-order valence-electron chi connectivity index (χ1n) is 5.69. The van der Waals surface area contributed by atoms with Gasteiger partial charge in [-0.3, -0.25) is 0 Å². The highest BCUT2D eigenvalue weighted by atomic mass is 16.6. The Morgan fingerprint density at radius 3 is 2.71 bits per heavy atom. The van der Waals surface area contributed by atoms with E-state index in [1.165, 1.54) is 5.56 Å². The standard InChI is InChI=1S/C14H15NO2/c1-4-13-15-12(14(16)17-13)8-11-6-5-9(2)7-10(11)3/h5-8H,4H2,1-3H3/b12-8-. The maximum Gasteiger partial charge on any atom is 0.363 e. The lowest BCUT2D eigenvalue weighted by Crippen LogP contribution is -2.02. The molecule has 0 unspecified atom stereocenters. The molecule has 1 aromatic rings. The van der Waals surface area contributed by atoms with Crippen LogP contribution in [0.1, 0.15) is 30.0 Å². The average molecular weight is 229 g/mol. The number of ether oxygens (including phenoxy) is 1. The van der Waals surface area contributed by atoms with Crippen LogP contribution in [0.15, 0.2) is 28.9 Å². The molecule has 0 aliphatic carbocycles. The van der Waals surface area contributed by atoms with Crippen LogP contribution in [-0.2, 0) is 9.53 Å². The highest BCUT2D eigenvalue weighted by Crippen LogP contribution is 2.19. The maximum atomic E-state index is 11.5. The minimum Gasteiger partial charge on any atom is -0.407 e. The van der Waals surface area contributed by atoms with E-state index in [0.29, 0.717) is 18.0 Å². The maximum absolute atomic E-state index is 11.5. The van der Waals surface area contributed by atoms with Crippen LogP contribution in [0, 0.1) is 13.8 Å². The van der Waals surface area contributed by atoms with Gasteiger partial charge in [-0.05, 0) is 31.1 Å². The molecular weight excluding hydrogens is 214 g/mol. The second-order valence-corrected chi connectivity index (χ2v) is 4.14. The number of aliphatic imine (C=N–C) groups is 1. The molecule has 0 saturated heterocycles. The van der Waals surface area contributed by atoms with Crippen molar-refractivity contribution in [3.05, 3.63) is 40.6 Å². The van der Waals surface area contributed by atoms with Crippen molar-refractivity contribution >= 4 is 17.9 Å². The van der Waals surface area contributed by atoms with Gasteiger partial charge in [-0.2, -0.15) is 0 Å². The third kappa shape index (κ3) is 2.44. The van der Waals surface area contributed by atoms with Crippen molar-refractivity contribution in [2.24, 2.45) is 4.99 Å². The Hall–Kier alpha value is -1.90. The van der Waals surface area contributed by atoms with Gasteiger partial charge in [0.15, 0.2) is 11.6 Å². The molecule has 1 aliphatic rings. The van der Waals surface area contributed by atoms with Crippen LogP contribution in [0.25, 0.3) is 6.08 Å². The summed E-state index contributed by atoms with van der Waals surface area (Å²) in [6, 6.07) is 6.09. The molecule has 0 aromatic heterocycles. The summed E-state index contributed by atoms with van der Waals surface area (Å²) in [7, 11) is 0. The fourth-order valence-corrected chi connectivity index (χ4v) is 1.74. The SMILES string of the molecule is CCC1=N/C(=C\c2ccc(C)cc2C)C(=O)O1. The molecule has 1 aliphatic heterocycles. The summed E-state index contributed by atoms with van der Waals surface area (Å²) in [5.41, 5.74) is 3.72. The Kier molecular flexibility index (Phi) is 3.09. The zero-order chi connectivity index (χ0) is 12.4. The fraction of sp³-hybridized carbons (Fsp3) is 0.286. The fourth-order valence-electron chi connectivity index (χ4n) is 1.74. The van der Waals surface area contributed by atoms with Crippen molar-refractivity contribution in [2.45, 2.75) is 27.2 Å². The number of hydrogen-bond acceptors (Lipinski definition) is 3. The van der Waals surface area contributed by atoms with E-state index in [2.05, 4.69) is 11.1 Å². The Morgan fingerprint density at radius 1 is 1.35 bits per heavy atom. The molecule has 0 N–H and O–H groups in total. The molecule has 0 amide bonds. The van der Waals surface area contributed by atoms with Gasteiger partial charge in [0.2, 0.25) is 0 Å². The van der Waals surface area contributed by atoms with Gasteiger partial charge in [-0.15, -0.1) is 0 Å². The van der Waals surface area contributed by atoms with Crippen LogP contribution in [0.5, 0.6) is 0 Å². The van der Waals surface area contributed by atoms with Crippen molar-refractivity contribution in [3.8, 4) is 0 Å². The summed E-state index contributed by atoms with van der Waals surface area (Å²) < 4.78 is 5.00. The quantitative estimate of drug-likeness (QED) is 0.577. The summed E-state index contributed by atoms with van der Waals surface area (Å²) in [6.07, 6.45) is 2.41. The smallest absolute Gasteiger partial charge is 0.363 e. The second kappa shape index (κ2) is 4.53. The molecule has 0 radical (unpaired) electrons. The van der Waals surface area contributed by atoms with Gasteiger partial charge in [0.1, 0.15) is 0 Å². The highest BCUT2D eigenvalue weighted by molar-refractivity contribution is 6.07. The van der Waals surface area contributed by atoms with Crippen LogP contribution in [0.3, 0.4) is 0 Å². The van der Waals surface area contributed by atoms with Crippen molar-refractivity contribution in [1.82, 2.24) is 0 Å². The predicted octanol–water partition coefficient (Wildman–Crippen LogP) is 3.01. The van der Waals surface area contributed by atoms with Gasteiger partial charge in [-0.25, -0.2) is 9.79 Å². The molecule has 2 rings (SSSR count). The van der Waals surface area contributed by atoms with Gasteiger partial charge >= 0.3 is 5.97 Å². The molecule has 0 fully saturated rings. The number of hydrogen-bond donors (Lipinski definition) is 0. The Bertz CT molecular complexity index is 527. The minimum atomic E-state index is -0.359. The van der Waals surface area contributed by atoms with Crippen molar-refractivity contribution in [3.63, 3.8) is 0 Å². The van der Waals surface area contributed by atoms with Gasteiger partial charge in [0, 0.05) is 6.42 Å². The van der Waals surface area contributed by atoms with E-state index < -0.39 is 0 Å². The van der Waals surface area contributed by atoms with Crippen molar-refractivity contribution in [2.75, 3.05) is 0 Å². The Morgan fingerprint density at radius 2 is 2.12 bits per heavy atom. The monoisotopic (exact) mass is 229 g/mol. The average Bonchev–Trinajstić information content (AvgIpc) is 2.64. The van der Waals surface area contributed by atoms with Crippen LogP contribution in [-0.4, -0.2) is 11.9 Å². The Balaban J connectivity index is 2.36. The third-order valence-electron chi connectivity index (χ3n) is 2.68. The molecular formula is C14H15NO2. The summed E-state index contributed by atoms with van der Waals surface area (Å²) >= 11 is 0. The third-order valence-corrected chi connectivity index (χ3v) is 2.68. The number of rotatable bonds is 2. The van der Waals surface area contributed by atoms with Gasteiger partial charge in [0.05, 0.1) is 0 Å². The van der Waals surface area contributed by atoms with Gasteiger partial charge in [0.25, 0.3) is 0 Å². The number of cyclic esters (lactones) is 1. The lowest BCUT2D eigenvalue weighted by atomic mass is 10.0. The molecule has 88 valence electrons. The first kappa shape index (κ1) is 11.6. The topological polar surface area (TPSA) is 38.7 Å². The van der Waals surface area contributed by atoms with E-state index in [0.717, 1.165) is 11.1 Å². The molecule has 3 nitrogen and oxygen atoms in total. The number of aryl methyl sites for hydroxylation is 2. The van der Waals surface area contributed by atoms with Gasteiger partial charge in [-0.1, -0.05) is 30.7 Å². The van der Waals surface area contributed by atoms with Crippen molar-refractivity contribution in [1.29, 1.82) is 0 Å². The van der Waals surface area contributed by atoms with E-state index >= 15 is 0 Å². The number of esters is 1. The van der Waals surface area contributed by atoms with E-state index in [1.54, 1.807) is 6.08 Å². The lowest BCUT2D eigenvalue weighted by Gasteiger charge is -2.01. The van der Waals surface area contributed by atoms with E-state index in [1.807, 2.05) is 32.9 Å². The zero-order valence-electron chi connectivity index (χ0n) is 10.3. The molecule has 17 heavy (non-hydrogen) atoms. The largest absolute Gasteiger partial charge is 0.407 e. The Labute approximate surface area is 101 Å². The number of carbonyl (C=O) groups is 1. The van der Waals surface area contributed by atoms with E-state index in [9.17, 15) is 4.79 Å². The number of benzene rings is 1. The summed E-state index contributed by atoms with van der Waals surface area (Å²) in [6.45, 7) is 5.97. The molecule has 0 saturated carbocycles. The zero-order valence-corrected chi connectivity index (χ0v) is 10.3. The van der Waals surface area contributed by atoms with E-state index in [4.69, 9.17) is 4.74 Å². The normalized spacial score (nSPS) is 17.2. The molecule has 1 heterocycles. The molecule has 0 spiro atoms. The molecule has 1 aromatic carbocycles. The molecule has 3 heteroatoms. The molecule has 0 atom stereocenters. The minimum absolute atomic E-state index is 0.359. The second-order valence-electron chi connectivity index (χ2n) is 4.14. The summed E-state index contributed by atoms with van der Waals surface area (Å²) in [4.78, 5) is 15.7. The molecule has 0 bridgehead atoms. The highest BCUT2D eigenvalue weighted by Gasteiger charge is 2.21. The first-order valence-corrected chi connectivity index (χ1v) is 5.69. The van der Waals surface area contributed by atoms with Crippen molar-refractivity contribution < 1.29 is 9.53 Å². The van der Waals surface area contributed by atoms with E-state index in [-0.39, 0.29) is 5.97 Å². The first-order chi connectivity index (χ1) is 8.10. The van der Waals surface area contributed by atoms with Gasteiger partial charge < -0.3 is 4.74 Å². The number of nitrogens with zero attached hydrogens (tertiary/aromatic N) is 1. The summed E-state index contributed by atoms with van der Waals surface area (Å²) in [5, 5.41) is 0. The van der Waals surface area contributed by atoms with Crippen LogP contribution < -0.4 is 0 Å². The predicted molar refractivity (Wildman–Crippen MR) is 67.7 cm³/mol. The lowest BCUT2D eigenvalue weighted by molar-refractivity contribution is -0.130. The van der Waals surface area contributed by atoms with Crippen LogP contribution in [0.4, 0.5) is 0 Å². The van der Waals surface area contributed by atoms with Crippen LogP contribution in [0.2, 0.25) is 0 Å².